The molecule has 0 fully saturated rings. The SMILES string of the molecule is C=CCn1c(SCC(=O)NC(=O)OCC)nc2sc3c(c2c1=O)CCCCC3. The molecule has 1 N–H and O–H groups in total. The van der Waals surface area contributed by atoms with E-state index in [1.807, 2.05) is 0 Å². The Morgan fingerprint density at radius 1 is 1.36 bits per heavy atom. The topological polar surface area (TPSA) is 90.3 Å². The molecule has 0 spiro atoms. The minimum absolute atomic E-state index is 0.0427. The Bertz CT molecular complexity index is 964. The highest BCUT2D eigenvalue weighted by Crippen LogP contribution is 2.34. The lowest BCUT2D eigenvalue weighted by atomic mass is 10.1. The summed E-state index contributed by atoms with van der Waals surface area (Å²) in [6.07, 6.45) is 6.17. The normalized spacial score (nSPS) is 13.6. The van der Waals surface area contributed by atoms with Crippen LogP contribution in [0.25, 0.3) is 10.2 Å². The average molecular weight is 422 g/mol. The summed E-state index contributed by atoms with van der Waals surface area (Å²) in [5.41, 5.74) is 1.06. The van der Waals surface area contributed by atoms with Gasteiger partial charge in [-0.25, -0.2) is 9.78 Å². The molecule has 28 heavy (non-hydrogen) atoms. The fraction of sp³-hybridized carbons (Fsp3) is 0.474. The number of hydrogen-bond acceptors (Lipinski definition) is 7. The summed E-state index contributed by atoms with van der Waals surface area (Å²) >= 11 is 2.71. The number of hydrogen-bond donors (Lipinski definition) is 1. The maximum Gasteiger partial charge on any atom is 0.413 e. The van der Waals surface area contributed by atoms with Crippen LogP contribution in [0, 0.1) is 0 Å². The van der Waals surface area contributed by atoms with E-state index in [1.165, 1.54) is 11.3 Å². The van der Waals surface area contributed by atoms with Gasteiger partial charge in [-0.1, -0.05) is 24.3 Å². The minimum Gasteiger partial charge on any atom is -0.450 e. The number of nitrogens with zero attached hydrogens (tertiary/aromatic N) is 2. The van der Waals surface area contributed by atoms with Crippen molar-refractivity contribution in [2.45, 2.75) is 50.7 Å². The maximum atomic E-state index is 13.2. The van der Waals surface area contributed by atoms with Gasteiger partial charge < -0.3 is 4.74 Å². The van der Waals surface area contributed by atoms with Crippen molar-refractivity contribution in [2.75, 3.05) is 12.4 Å². The quantitative estimate of drug-likeness (QED) is 0.333. The third-order valence-corrected chi connectivity index (χ3v) is 6.61. The van der Waals surface area contributed by atoms with Gasteiger partial charge >= 0.3 is 6.09 Å². The van der Waals surface area contributed by atoms with Crippen LogP contribution in [0.3, 0.4) is 0 Å². The van der Waals surface area contributed by atoms with Crippen LogP contribution in [0.5, 0.6) is 0 Å². The number of fused-ring (bicyclic) bond motifs is 3. The molecule has 0 aliphatic heterocycles. The number of ether oxygens (including phenoxy) is 1. The van der Waals surface area contributed by atoms with E-state index in [2.05, 4.69) is 16.9 Å². The number of aromatic nitrogens is 2. The number of alkyl carbamates (subject to hydrolysis) is 1. The molecule has 2 amide bonds. The number of imide groups is 1. The molecule has 3 rings (SSSR count). The summed E-state index contributed by atoms with van der Waals surface area (Å²) < 4.78 is 6.25. The Morgan fingerprint density at radius 3 is 2.89 bits per heavy atom. The Hall–Kier alpha value is -2.13. The molecule has 2 aromatic heterocycles. The molecule has 7 nitrogen and oxygen atoms in total. The van der Waals surface area contributed by atoms with E-state index in [0.717, 1.165) is 47.8 Å². The number of allylic oxidation sites excluding steroid dienone is 1. The minimum atomic E-state index is -0.776. The highest BCUT2D eigenvalue weighted by molar-refractivity contribution is 7.99. The zero-order chi connectivity index (χ0) is 20.1. The molecule has 0 saturated carbocycles. The summed E-state index contributed by atoms with van der Waals surface area (Å²) in [5, 5.41) is 3.31. The lowest BCUT2D eigenvalue weighted by Crippen LogP contribution is -2.32. The van der Waals surface area contributed by atoms with E-state index < -0.39 is 12.0 Å². The number of carbonyl (C=O) groups excluding carboxylic acids is 2. The molecule has 0 aromatic carbocycles. The number of rotatable bonds is 6. The molecule has 2 aromatic rings. The lowest BCUT2D eigenvalue weighted by molar-refractivity contribution is -0.117. The molecule has 0 radical (unpaired) electrons. The van der Waals surface area contributed by atoms with E-state index in [9.17, 15) is 14.4 Å². The molecular weight excluding hydrogens is 398 g/mol. The third-order valence-electron chi connectivity index (χ3n) is 4.45. The van der Waals surface area contributed by atoms with Gasteiger partial charge in [0.05, 0.1) is 17.7 Å². The predicted octanol–water partition coefficient (Wildman–Crippen LogP) is 3.28. The van der Waals surface area contributed by atoms with Crippen molar-refractivity contribution < 1.29 is 14.3 Å². The van der Waals surface area contributed by atoms with Gasteiger partial charge in [-0.05, 0) is 38.2 Å². The highest BCUT2D eigenvalue weighted by Gasteiger charge is 2.21. The smallest absolute Gasteiger partial charge is 0.413 e. The summed E-state index contributed by atoms with van der Waals surface area (Å²) in [5.74, 6) is -0.538. The second kappa shape index (κ2) is 9.38. The standard InChI is InChI=1S/C19H23N3O4S2/c1-3-10-22-17(24)15-12-8-6-5-7-9-13(12)28-16(15)21-18(22)27-11-14(23)20-19(25)26-4-2/h3H,1,4-11H2,2H3,(H,20,23,25). The fourth-order valence-electron chi connectivity index (χ4n) is 3.24. The predicted molar refractivity (Wildman–Crippen MR) is 111 cm³/mol. The van der Waals surface area contributed by atoms with Gasteiger partial charge in [-0.15, -0.1) is 17.9 Å². The van der Waals surface area contributed by atoms with Gasteiger partial charge in [0.25, 0.3) is 5.56 Å². The van der Waals surface area contributed by atoms with Gasteiger partial charge in [0, 0.05) is 11.4 Å². The Kier molecular flexibility index (Phi) is 6.90. The number of nitrogens with one attached hydrogen (secondary N) is 1. The van der Waals surface area contributed by atoms with E-state index >= 15 is 0 Å². The van der Waals surface area contributed by atoms with E-state index in [4.69, 9.17) is 4.74 Å². The van der Waals surface area contributed by atoms with Crippen molar-refractivity contribution in [3.8, 4) is 0 Å². The van der Waals surface area contributed by atoms with E-state index in [-0.39, 0.29) is 17.9 Å². The molecule has 9 heteroatoms. The Balaban J connectivity index is 1.90. The van der Waals surface area contributed by atoms with Gasteiger partial charge in [0.15, 0.2) is 5.16 Å². The van der Waals surface area contributed by atoms with Crippen LogP contribution >= 0.6 is 23.1 Å². The van der Waals surface area contributed by atoms with Crippen molar-refractivity contribution in [3.05, 3.63) is 33.4 Å². The summed E-state index contributed by atoms with van der Waals surface area (Å²) in [6, 6.07) is 0. The number of aryl methyl sites for hydroxylation is 2. The highest BCUT2D eigenvalue weighted by atomic mass is 32.2. The zero-order valence-electron chi connectivity index (χ0n) is 15.8. The van der Waals surface area contributed by atoms with Crippen LogP contribution in [0.4, 0.5) is 4.79 Å². The number of amides is 2. The second-order valence-corrected chi connectivity index (χ2v) is 8.43. The third kappa shape index (κ3) is 4.47. The second-order valence-electron chi connectivity index (χ2n) is 6.40. The monoisotopic (exact) mass is 421 g/mol. The van der Waals surface area contributed by atoms with Gasteiger partial charge in [-0.3, -0.25) is 19.5 Å². The Labute approximate surface area is 171 Å². The molecule has 1 aliphatic carbocycles. The fourth-order valence-corrected chi connectivity index (χ4v) is 5.36. The van der Waals surface area contributed by atoms with Crippen LogP contribution in [-0.4, -0.2) is 33.9 Å². The lowest BCUT2D eigenvalue weighted by Gasteiger charge is -2.10. The van der Waals surface area contributed by atoms with Gasteiger partial charge in [0.1, 0.15) is 4.83 Å². The van der Waals surface area contributed by atoms with Crippen molar-refractivity contribution in [3.63, 3.8) is 0 Å². The molecular formula is C19H23N3O4S2. The first-order valence-electron chi connectivity index (χ1n) is 9.30. The van der Waals surface area contributed by atoms with Crippen LogP contribution in [0.1, 0.15) is 36.6 Å². The zero-order valence-corrected chi connectivity index (χ0v) is 17.4. The largest absolute Gasteiger partial charge is 0.450 e. The number of carbonyl (C=O) groups is 2. The first kappa shape index (κ1) is 20.6. The molecule has 0 bridgehead atoms. The first-order chi connectivity index (χ1) is 13.5. The van der Waals surface area contributed by atoms with Crippen molar-refractivity contribution >= 4 is 45.3 Å². The molecule has 0 atom stereocenters. The van der Waals surface area contributed by atoms with Crippen LogP contribution in [0.2, 0.25) is 0 Å². The van der Waals surface area contributed by atoms with Gasteiger partial charge in [0.2, 0.25) is 5.91 Å². The molecule has 2 heterocycles. The molecule has 0 unspecified atom stereocenters. The number of thiophene rings is 1. The van der Waals surface area contributed by atoms with E-state index in [1.54, 1.807) is 28.9 Å². The number of thioether (sulfide) groups is 1. The summed E-state index contributed by atoms with van der Waals surface area (Å²) in [4.78, 5) is 43.2. The summed E-state index contributed by atoms with van der Waals surface area (Å²) in [7, 11) is 0. The van der Waals surface area contributed by atoms with Crippen molar-refractivity contribution in [2.24, 2.45) is 0 Å². The van der Waals surface area contributed by atoms with Crippen molar-refractivity contribution in [1.82, 2.24) is 14.9 Å². The van der Waals surface area contributed by atoms with Crippen LogP contribution in [-0.2, 0) is 28.9 Å². The van der Waals surface area contributed by atoms with Crippen molar-refractivity contribution in [1.29, 1.82) is 0 Å². The van der Waals surface area contributed by atoms with E-state index in [0.29, 0.717) is 17.1 Å². The average Bonchev–Trinajstić information content (AvgIpc) is 2.84. The first-order valence-corrected chi connectivity index (χ1v) is 11.1. The van der Waals surface area contributed by atoms with Crippen LogP contribution in [0.15, 0.2) is 22.6 Å². The Morgan fingerprint density at radius 2 is 2.14 bits per heavy atom. The molecule has 150 valence electrons. The van der Waals surface area contributed by atoms with Gasteiger partial charge in [-0.2, -0.15) is 0 Å². The summed E-state index contributed by atoms with van der Waals surface area (Å²) in [6.45, 7) is 5.89. The maximum absolute atomic E-state index is 13.2. The van der Waals surface area contributed by atoms with Crippen LogP contribution < -0.4 is 10.9 Å². The molecule has 1 aliphatic rings. The molecule has 0 saturated heterocycles.